The summed E-state index contributed by atoms with van der Waals surface area (Å²) >= 11 is 2.46. The van der Waals surface area contributed by atoms with Gasteiger partial charge in [-0.1, -0.05) is 117 Å². The zero-order valence-corrected chi connectivity index (χ0v) is 32.5. The fraction of sp³-hybridized carbons (Fsp3) is 0.449. The maximum atomic E-state index is 5.17. The van der Waals surface area contributed by atoms with Crippen LogP contribution in [0, 0.1) is 23.7 Å². The van der Waals surface area contributed by atoms with E-state index in [0.717, 1.165) is 74.5 Å². The van der Waals surface area contributed by atoms with Crippen molar-refractivity contribution in [3.05, 3.63) is 109 Å². The molecule has 4 aliphatic carbocycles. The van der Waals surface area contributed by atoms with E-state index in [2.05, 4.69) is 112 Å². The Morgan fingerprint density at radius 3 is 2.04 bits per heavy atom. The summed E-state index contributed by atoms with van der Waals surface area (Å²) in [6, 6.07) is 39.4. The number of hydrogen-bond donors (Lipinski definition) is 0. The number of para-hydroxylation sites is 1. The number of hydrogen-bond acceptors (Lipinski definition) is 5. The predicted molar refractivity (Wildman–Crippen MR) is 226 cm³/mol. The fourth-order valence-corrected chi connectivity index (χ4v) is 15.3. The molecule has 6 aliphatic rings. The Labute approximate surface area is 329 Å². The van der Waals surface area contributed by atoms with Crippen molar-refractivity contribution >= 4 is 33.6 Å². The van der Waals surface area contributed by atoms with Gasteiger partial charge >= 0.3 is 0 Å². The maximum absolute atomic E-state index is 5.17. The van der Waals surface area contributed by atoms with Gasteiger partial charge in [0.05, 0.1) is 11.0 Å². The van der Waals surface area contributed by atoms with Gasteiger partial charge in [0.25, 0.3) is 0 Å². The van der Waals surface area contributed by atoms with Gasteiger partial charge in [-0.15, -0.1) is 0 Å². The standard InChI is InChI=1S/C49H51N5S/c1-3-12-31(13-4-1)47-50-48(32-14-5-2-6-15-32)52-49(51-47)54-39-21-8-7-18-35(39)38-28-33(24-26-40(38)54)34-25-27-41-44(29-34)55-43-23-11-20-37-36-19-9-16-30-17-10-22-42(45(30)36)53(41)46(37)43/h1-8,12-15,18,21,24,26,28,30,34,36-37,41-46H,9-11,16-17,19-20,22-23,25,27,29H2. The van der Waals surface area contributed by atoms with Crippen LogP contribution in [0.2, 0.25) is 0 Å². The molecule has 0 radical (unpaired) electrons. The lowest BCUT2D eigenvalue weighted by Gasteiger charge is -2.67. The molecule has 55 heavy (non-hydrogen) atoms. The van der Waals surface area contributed by atoms with Gasteiger partial charge in [-0.25, -0.2) is 4.98 Å². The van der Waals surface area contributed by atoms with Gasteiger partial charge < -0.3 is 0 Å². The number of benzene rings is 4. The Morgan fingerprint density at radius 2 is 1.24 bits per heavy atom. The Hall–Kier alpha value is -4.00. The van der Waals surface area contributed by atoms with E-state index < -0.39 is 0 Å². The molecule has 10 atom stereocenters. The van der Waals surface area contributed by atoms with E-state index >= 15 is 0 Å². The number of piperidine rings is 1. The third-order valence-electron chi connectivity index (χ3n) is 15.3. The zero-order valence-electron chi connectivity index (χ0n) is 31.7. The summed E-state index contributed by atoms with van der Waals surface area (Å²) in [5, 5.41) is 4.18. The Bertz CT molecular complexity index is 2310. The van der Waals surface area contributed by atoms with E-state index in [1.165, 1.54) is 93.4 Å². The molecule has 6 fully saturated rings. The summed E-state index contributed by atoms with van der Waals surface area (Å²) in [6.07, 6.45) is 17.5. The highest BCUT2D eigenvalue weighted by Crippen LogP contribution is 2.61. The van der Waals surface area contributed by atoms with Crippen LogP contribution < -0.4 is 0 Å². The van der Waals surface area contributed by atoms with Gasteiger partial charge in [0.2, 0.25) is 5.95 Å². The zero-order chi connectivity index (χ0) is 36.0. The predicted octanol–water partition coefficient (Wildman–Crippen LogP) is 11.5. The molecule has 0 bridgehead atoms. The van der Waals surface area contributed by atoms with E-state index in [4.69, 9.17) is 15.0 Å². The average Bonchev–Trinajstić information content (AvgIpc) is 3.59. The summed E-state index contributed by atoms with van der Waals surface area (Å²) in [4.78, 5) is 18.6. The molecule has 4 aromatic carbocycles. The fourth-order valence-electron chi connectivity index (χ4n) is 13.3. The SMILES string of the molecule is c1ccc(-c2nc(-c3ccccc3)nc(-n3c4ccccc4c4cc(C5CCC6C(C5)SC5CCCC7C8CCCC9CCCC(C98)N6C57)ccc43)n2)cc1. The summed E-state index contributed by atoms with van der Waals surface area (Å²) in [5.41, 5.74) is 5.80. The van der Waals surface area contributed by atoms with Gasteiger partial charge in [-0.05, 0) is 98.3 Å². The number of nitrogens with zero attached hydrogens (tertiary/aromatic N) is 5. The molecule has 4 saturated carbocycles. The maximum Gasteiger partial charge on any atom is 0.238 e. The van der Waals surface area contributed by atoms with Gasteiger partial charge in [0.15, 0.2) is 11.6 Å². The first-order valence-electron chi connectivity index (χ1n) is 21.6. The minimum absolute atomic E-state index is 0.606. The van der Waals surface area contributed by atoms with E-state index in [-0.39, 0.29) is 0 Å². The Morgan fingerprint density at radius 1 is 0.545 bits per heavy atom. The average molecular weight is 742 g/mol. The quantitative estimate of drug-likeness (QED) is 0.180. The smallest absolute Gasteiger partial charge is 0.238 e. The molecule has 278 valence electrons. The van der Waals surface area contributed by atoms with Gasteiger partial charge in [0, 0.05) is 50.5 Å². The Kier molecular flexibility index (Phi) is 8.02. The molecule has 0 amide bonds. The molecule has 0 N–H and O–H groups in total. The van der Waals surface area contributed by atoms with Crippen molar-refractivity contribution in [3.63, 3.8) is 0 Å². The highest BCUT2D eigenvalue weighted by Gasteiger charge is 2.60. The van der Waals surface area contributed by atoms with Crippen LogP contribution in [0.1, 0.15) is 88.5 Å². The second kappa shape index (κ2) is 13.3. The van der Waals surface area contributed by atoms with Crippen molar-refractivity contribution in [2.24, 2.45) is 23.7 Å². The molecule has 2 aliphatic heterocycles. The third kappa shape index (κ3) is 5.33. The molecular formula is C49H51N5S. The van der Waals surface area contributed by atoms with Crippen LogP contribution in [-0.2, 0) is 0 Å². The number of thioether (sulfide) groups is 1. The normalized spacial score (nSPS) is 32.8. The summed E-state index contributed by atoms with van der Waals surface area (Å²) in [5.74, 6) is 6.68. The van der Waals surface area contributed by atoms with Crippen LogP contribution >= 0.6 is 11.8 Å². The van der Waals surface area contributed by atoms with Gasteiger partial charge in [0.1, 0.15) is 0 Å². The Balaban J connectivity index is 0.910. The molecule has 10 unspecified atom stereocenters. The molecule has 0 spiro atoms. The number of fused-ring (bicyclic) bond motifs is 7. The highest BCUT2D eigenvalue weighted by molar-refractivity contribution is 8.00. The van der Waals surface area contributed by atoms with Gasteiger partial charge in [-0.2, -0.15) is 21.7 Å². The molecule has 6 aromatic rings. The van der Waals surface area contributed by atoms with Crippen molar-refractivity contribution in [1.29, 1.82) is 0 Å². The first-order valence-corrected chi connectivity index (χ1v) is 22.5. The van der Waals surface area contributed by atoms with E-state index in [9.17, 15) is 0 Å². The van der Waals surface area contributed by atoms with E-state index in [0.29, 0.717) is 23.5 Å². The lowest BCUT2D eigenvalue weighted by atomic mass is 9.53. The molecule has 2 aromatic heterocycles. The third-order valence-corrected chi connectivity index (χ3v) is 17.1. The first kappa shape index (κ1) is 33.2. The van der Waals surface area contributed by atoms with Crippen LogP contribution in [0.5, 0.6) is 0 Å². The number of aromatic nitrogens is 4. The van der Waals surface area contributed by atoms with Crippen molar-refractivity contribution in [3.8, 4) is 28.7 Å². The molecule has 6 heteroatoms. The molecular weight excluding hydrogens is 691 g/mol. The monoisotopic (exact) mass is 741 g/mol. The lowest BCUT2D eigenvalue weighted by molar-refractivity contribution is -0.138. The van der Waals surface area contributed by atoms with Crippen molar-refractivity contribution in [1.82, 2.24) is 24.4 Å². The summed E-state index contributed by atoms with van der Waals surface area (Å²) < 4.78 is 2.27. The van der Waals surface area contributed by atoms with Crippen molar-refractivity contribution in [2.45, 2.75) is 112 Å². The molecule has 4 heterocycles. The van der Waals surface area contributed by atoms with Crippen LogP contribution in [0.4, 0.5) is 0 Å². The largest absolute Gasteiger partial charge is 0.292 e. The minimum Gasteiger partial charge on any atom is -0.292 e. The van der Waals surface area contributed by atoms with E-state index in [1.54, 1.807) is 0 Å². The second-order valence-electron chi connectivity index (χ2n) is 17.9. The molecule has 12 rings (SSSR count). The van der Waals surface area contributed by atoms with Crippen LogP contribution in [0.15, 0.2) is 103 Å². The van der Waals surface area contributed by atoms with Crippen molar-refractivity contribution in [2.75, 3.05) is 0 Å². The second-order valence-corrected chi connectivity index (χ2v) is 19.4. The number of rotatable bonds is 4. The lowest BCUT2D eigenvalue weighted by Crippen LogP contribution is -2.72. The first-order chi connectivity index (χ1) is 27.3. The topological polar surface area (TPSA) is 46.8 Å². The van der Waals surface area contributed by atoms with Crippen LogP contribution in [0.25, 0.3) is 50.5 Å². The van der Waals surface area contributed by atoms with Gasteiger partial charge in [-0.3, -0.25) is 9.47 Å². The molecule has 5 nitrogen and oxygen atoms in total. The van der Waals surface area contributed by atoms with Crippen LogP contribution in [0.3, 0.4) is 0 Å². The van der Waals surface area contributed by atoms with Crippen molar-refractivity contribution < 1.29 is 0 Å². The minimum atomic E-state index is 0.606. The van der Waals surface area contributed by atoms with E-state index in [1.807, 2.05) is 12.1 Å². The summed E-state index contributed by atoms with van der Waals surface area (Å²) in [7, 11) is 0. The summed E-state index contributed by atoms with van der Waals surface area (Å²) in [6.45, 7) is 0. The van der Waals surface area contributed by atoms with Crippen LogP contribution in [-0.4, -0.2) is 53.0 Å². The highest BCUT2D eigenvalue weighted by atomic mass is 32.2. The molecule has 2 saturated heterocycles.